The minimum atomic E-state index is 0.279. The van der Waals surface area contributed by atoms with E-state index in [1.165, 1.54) is 89.5 Å². The Morgan fingerprint density at radius 3 is 1.51 bits per heavy atom. The number of allylic oxidation sites excluding steroid dienone is 12. The molecule has 0 radical (unpaired) electrons. The van der Waals surface area contributed by atoms with Gasteiger partial charge in [-0.15, -0.1) is 13.2 Å². The van der Waals surface area contributed by atoms with Crippen LogP contribution in [0.25, 0.3) is 0 Å². The van der Waals surface area contributed by atoms with Gasteiger partial charge in [0.1, 0.15) is 0 Å². The van der Waals surface area contributed by atoms with Crippen molar-refractivity contribution in [2.45, 2.75) is 175 Å². The Balaban J connectivity index is -0.000000242. The van der Waals surface area contributed by atoms with E-state index < -0.39 is 0 Å². The molecule has 0 spiro atoms. The third kappa shape index (κ3) is 35.4. The van der Waals surface area contributed by atoms with Gasteiger partial charge in [0.2, 0.25) is 0 Å². The van der Waals surface area contributed by atoms with Crippen LogP contribution in [0.15, 0.2) is 137 Å². The summed E-state index contributed by atoms with van der Waals surface area (Å²) in [7, 11) is 0. The zero-order valence-electron chi connectivity index (χ0n) is 38.6. The Labute approximate surface area is 334 Å². The number of aryl methyl sites for hydroxylation is 1. The fraction of sp³-hybridized carbons (Fsp3) is 0.519. The smallest absolute Gasteiger partial charge is 0.0302 e. The van der Waals surface area contributed by atoms with Gasteiger partial charge in [-0.1, -0.05) is 191 Å². The molecule has 0 aliphatic carbocycles. The van der Waals surface area contributed by atoms with E-state index in [0.717, 1.165) is 29.7 Å². The second kappa shape index (κ2) is 41.3. The lowest BCUT2D eigenvalue weighted by Crippen LogP contribution is -2.04. The number of nitrogens with zero attached hydrogens (tertiary/aromatic N) is 1. The predicted octanol–water partition coefficient (Wildman–Crippen LogP) is 17.9. The van der Waals surface area contributed by atoms with E-state index >= 15 is 0 Å². The van der Waals surface area contributed by atoms with Crippen molar-refractivity contribution in [1.82, 2.24) is 0 Å². The van der Waals surface area contributed by atoms with Gasteiger partial charge in [-0.3, -0.25) is 4.99 Å². The number of unbranched alkanes of at least 4 members (excludes halogenated alkanes) is 3. The molecule has 0 aliphatic rings. The van der Waals surface area contributed by atoms with Crippen LogP contribution in [0.2, 0.25) is 0 Å². The van der Waals surface area contributed by atoms with E-state index in [2.05, 4.69) is 170 Å². The summed E-state index contributed by atoms with van der Waals surface area (Å²) in [6.07, 6.45) is 22.0. The van der Waals surface area contributed by atoms with Crippen molar-refractivity contribution in [1.29, 1.82) is 0 Å². The summed E-state index contributed by atoms with van der Waals surface area (Å²) in [5.41, 5.74) is 13.4. The van der Waals surface area contributed by atoms with Crippen molar-refractivity contribution in [3.63, 3.8) is 0 Å². The van der Waals surface area contributed by atoms with E-state index in [1.807, 2.05) is 40.8 Å². The molecule has 1 heteroatoms. The minimum absolute atomic E-state index is 0.279. The Morgan fingerprint density at radius 2 is 1.17 bits per heavy atom. The molecular formula is C52H89N. The van der Waals surface area contributed by atoms with Crippen molar-refractivity contribution in [3.05, 3.63) is 143 Å². The van der Waals surface area contributed by atoms with Gasteiger partial charge in [-0.25, -0.2) is 0 Å². The molecular weight excluding hydrogens is 639 g/mol. The molecule has 0 saturated carbocycles. The summed E-state index contributed by atoms with van der Waals surface area (Å²) in [4.78, 5) is 4.45. The number of benzene rings is 1. The maximum absolute atomic E-state index is 4.45. The monoisotopic (exact) mass is 728 g/mol. The number of aliphatic imine (C=N–C) groups is 1. The largest absolute Gasteiger partial charge is 0.266 e. The lowest BCUT2D eigenvalue weighted by Gasteiger charge is -2.19. The summed E-state index contributed by atoms with van der Waals surface area (Å²) < 4.78 is 0. The molecule has 1 aromatic carbocycles. The quantitative estimate of drug-likeness (QED) is 0.0696. The van der Waals surface area contributed by atoms with Crippen molar-refractivity contribution in [2.75, 3.05) is 0 Å². The Bertz CT molecular complexity index is 1260. The Morgan fingerprint density at radius 1 is 0.698 bits per heavy atom. The van der Waals surface area contributed by atoms with Gasteiger partial charge in [0, 0.05) is 17.8 Å². The van der Waals surface area contributed by atoms with E-state index in [-0.39, 0.29) is 5.92 Å². The van der Waals surface area contributed by atoms with Gasteiger partial charge in [-0.2, -0.15) is 0 Å². The molecule has 0 aliphatic heterocycles. The summed E-state index contributed by atoms with van der Waals surface area (Å²) in [6, 6.07) is 8.86. The summed E-state index contributed by atoms with van der Waals surface area (Å²) in [6.45, 7) is 54.1. The summed E-state index contributed by atoms with van der Waals surface area (Å²) >= 11 is 0. The standard InChI is InChI=1S/C26H39N.C13H18.C6H14.C3H8.C2H6.C2H4/c1-12-14-25(22(10)17-27-20(7)8)15-21(9)23(11)26(19(5)6)16-24(13-2)18(3)4;1-4-5-12-6-8-13(9-7-12)10-11(2)3;1-3-5-6-4-2;1-3-2;2*1-2/h13-17,23H,3,5,12H2,1-2,4,6-11H3;6-9H,2,4-5,10H2,1,3H3;3-6H2,1-2H3;3H2,1-2H3;1-2H3;1-2H2/b21-15-,22-17+,24-13-,25-14+,26-16+;;;;;. The Hall–Kier alpha value is -3.45. The molecule has 1 aromatic rings. The van der Waals surface area contributed by atoms with Gasteiger partial charge >= 0.3 is 0 Å². The molecule has 0 saturated heterocycles. The highest BCUT2D eigenvalue weighted by Gasteiger charge is 2.13. The van der Waals surface area contributed by atoms with Gasteiger partial charge in [0.15, 0.2) is 0 Å². The van der Waals surface area contributed by atoms with Crippen LogP contribution in [0.4, 0.5) is 0 Å². The third-order valence-electron chi connectivity index (χ3n) is 7.56. The first-order chi connectivity index (χ1) is 25.1. The van der Waals surface area contributed by atoms with E-state index in [9.17, 15) is 0 Å². The number of rotatable bonds is 16. The SMILES string of the molecule is C=C.C=C(C)C(=C\C)/C=C(\C(=C)C)C(C)\C(C)=C/C(=C\CC)C(/C)=C/N=C(C)C.C=C(C)Cc1ccc(CCC)cc1.CC.CCC.CCCCCC. The molecule has 53 heavy (non-hydrogen) atoms. The van der Waals surface area contributed by atoms with Crippen molar-refractivity contribution in [3.8, 4) is 0 Å². The van der Waals surface area contributed by atoms with Crippen molar-refractivity contribution < 1.29 is 0 Å². The zero-order valence-corrected chi connectivity index (χ0v) is 38.6. The molecule has 0 heterocycles. The predicted molar refractivity (Wildman–Crippen MR) is 253 cm³/mol. The second-order valence-corrected chi connectivity index (χ2v) is 13.6. The van der Waals surface area contributed by atoms with E-state index in [0.29, 0.717) is 0 Å². The molecule has 0 bridgehead atoms. The minimum Gasteiger partial charge on any atom is -0.266 e. The highest BCUT2D eigenvalue weighted by molar-refractivity contribution is 5.79. The van der Waals surface area contributed by atoms with Gasteiger partial charge in [0.25, 0.3) is 0 Å². The number of hydrogen-bond acceptors (Lipinski definition) is 1. The number of hydrogen-bond donors (Lipinski definition) is 0. The van der Waals surface area contributed by atoms with Gasteiger partial charge in [-0.05, 0) is 108 Å². The molecule has 0 N–H and O–H groups in total. The fourth-order valence-electron chi connectivity index (χ4n) is 4.67. The first kappa shape index (κ1) is 58.8. The Kier molecular flexibility index (Phi) is 45.9. The van der Waals surface area contributed by atoms with Gasteiger partial charge < -0.3 is 0 Å². The molecule has 0 aromatic heterocycles. The molecule has 1 nitrogen and oxygen atoms in total. The van der Waals surface area contributed by atoms with Crippen LogP contribution in [0.3, 0.4) is 0 Å². The highest BCUT2D eigenvalue weighted by Crippen LogP contribution is 2.29. The first-order valence-electron chi connectivity index (χ1n) is 20.6. The van der Waals surface area contributed by atoms with Crippen LogP contribution in [0.5, 0.6) is 0 Å². The van der Waals surface area contributed by atoms with Crippen LogP contribution in [0.1, 0.15) is 174 Å². The highest BCUT2D eigenvalue weighted by atomic mass is 14.7. The van der Waals surface area contributed by atoms with Crippen molar-refractivity contribution in [2.24, 2.45) is 10.9 Å². The molecule has 0 fully saturated rings. The average molecular weight is 728 g/mol. The molecule has 1 rings (SSSR count). The summed E-state index contributed by atoms with van der Waals surface area (Å²) in [5, 5.41) is 0. The lowest BCUT2D eigenvalue weighted by molar-refractivity contribution is 0.702. The second-order valence-electron chi connectivity index (χ2n) is 13.6. The van der Waals surface area contributed by atoms with Crippen LogP contribution in [-0.2, 0) is 12.8 Å². The van der Waals surface area contributed by atoms with E-state index in [4.69, 9.17) is 0 Å². The van der Waals surface area contributed by atoms with Crippen LogP contribution in [0, 0.1) is 5.92 Å². The maximum atomic E-state index is 4.45. The molecule has 0 amide bonds. The van der Waals surface area contributed by atoms with Crippen LogP contribution >= 0.6 is 0 Å². The van der Waals surface area contributed by atoms with Crippen LogP contribution < -0.4 is 0 Å². The third-order valence-corrected chi connectivity index (χ3v) is 7.56. The van der Waals surface area contributed by atoms with E-state index in [1.54, 1.807) is 0 Å². The topological polar surface area (TPSA) is 12.4 Å². The maximum Gasteiger partial charge on any atom is 0.0302 e. The molecule has 1 unspecified atom stereocenters. The fourth-order valence-corrected chi connectivity index (χ4v) is 4.67. The lowest BCUT2D eigenvalue weighted by atomic mass is 9.86. The normalized spacial score (nSPS) is 11.9. The van der Waals surface area contributed by atoms with Crippen molar-refractivity contribution >= 4 is 5.71 Å². The van der Waals surface area contributed by atoms with Crippen LogP contribution in [-0.4, -0.2) is 5.71 Å². The molecule has 1 atom stereocenters. The first-order valence-corrected chi connectivity index (χ1v) is 20.6. The average Bonchev–Trinajstić information content (AvgIpc) is 3.12. The van der Waals surface area contributed by atoms with Gasteiger partial charge in [0.05, 0.1) is 0 Å². The zero-order chi connectivity index (χ0) is 42.4. The summed E-state index contributed by atoms with van der Waals surface area (Å²) in [5.74, 6) is 0.279. The molecule has 302 valence electrons.